The summed E-state index contributed by atoms with van der Waals surface area (Å²) in [4.78, 5) is 25.4. The maximum atomic E-state index is 13.9. The summed E-state index contributed by atoms with van der Waals surface area (Å²) in [5.41, 5.74) is 5.50. The van der Waals surface area contributed by atoms with Crippen LogP contribution in [0, 0.1) is 11.6 Å². The number of ether oxygens (including phenoxy) is 1. The third-order valence-corrected chi connectivity index (χ3v) is 6.43. The number of benzene rings is 4. The average molecular weight is 514 g/mol. The second-order valence-electron chi connectivity index (χ2n) is 9.00. The van der Waals surface area contributed by atoms with Gasteiger partial charge in [-0.2, -0.15) is 0 Å². The lowest BCUT2D eigenvalue weighted by Crippen LogP contribution is -2.42. The van der Waals surface area contributed by atoms with E-state index in [0.29, 0.717) is 11.4 Å². The van der Waals surface area contributed by atoms with E-state index in [0.717, 1.165) is 22.3 Å². The van der Waals surface area contributed by atoms with E-state index in [1.165, 1.54) is 49.4 Å². The Labute approximate surface area is 218 Å². The van der Waals surface area contributed by atoms with Gasteiger partial charge in [-0.05, 0) is 71.6 Å². The predicted molar refractivity (Wildman–Crippen MR) is 142 cm³/mol. The molecule has 0 bridgehead atoms. The number of amides is 2. The zero-order valence-corrected chi connectivity index (χ0v) is 20.5. The van der Waals surface area contributed by atoms with Crippen LogP contribution in [0.25, 0.3) is 11.1 Å². The quantitative estimate of drug-likeness (QED) is 0.261. The van der Waals surface area contributed by atoms with Gasteiger partial charge < -0.3 is 20.7 Å². The van der Waals surface area contributed by atoms with Crippen molar-refractivity contribution in [3.63, 3.8) is 0 Å². The summed E-state index contributed by atoms with van der Waals surface area (Å²) >= 11 is 0. The Morgan fingerprint density at radius 1 is 0.816 bits per heavy atom. The molecule has 0 radical (unpaired) electrons. The number of alkyl carbamates (subject to hydrolysis) is 1. The van der Waals surface area contributed by atoms with Gasteiger partial charge in [0.2, 0.25) is 5.91 Å². The number of hydrogen-bond acceptors (Lipinski definition) is 4. The van der Waals surface area contributed by atoms with Gasteiger partial charge >= 0.3 is 6.09 Å². The molecule has 4 aromatic carbocycles. The van der Waals surface area contributed by atoms with Crippen molar-refractivity contribution in [1.29, 1.82) is 0 Å². The largest absolute Gasteiger partial charge is 0.449 e. The van der Waals surface area contributed by atoms with E-state index in [2.05, 4.69) is 28.1 Å². The first-order chi connectivity index (χ1) is 18.4. The maximum absolute atomic E-state index is 13.9. The van der Waals surface area contributed by atoms with Gasteiger partial charge in [-0.1, -0.05) is 48.5 Å². The van der Waals surface area contributed by atoms with Crippen LogP contribution in [0.2, 0.25) is 0 Å². The van der Waals surface area contributed by atoms with Gasteiger partial charge in [0.1, 0.15) is 24.3 Å². The van der Waals surface area contributed by atoms with Crippen molar-refractivity contribution in [3.05, 3.63) is 114 Å². The summed E-state index contributed by atoms with van der Waals surface area (Å²) in [6, 6.07) is 24.4. The molecule has 3 N–H and O–H groups in total. The molecule has 1 unspecified atom stereocenters. The molecule has 192 valence electrons. The van der Waals surface area contributed by atoms with E-state index in [1.807, 2.05) is 36.4 Å². The van der Waals surface area contributed by atoms with Crippen molar-refractivity contribution < 1.29 is 23.1 Å². The smallest absolute Gasteiger partial charge is 0.407 e. The van der Waals surface area contributed by atoms with E-state index in [-0.39, 0.29) is 18.2 Å². The number of rotatable bonds is 7. The number of fused-ring (bicyclic) bond motifs is 3. The zero-order chi connectivity index (χ0) is 26.6. The molecule has 0 aromatic heterocycles. The van der Waals surface area contributed by atoms with Gasteiger partial charge in [0.05, 0.1) is 11.4 Å². The van der Waals surface area contributed by atoms with Crippen molar-refractivity contribution in [1.82, 2.24) is 5.32 Å². The molecule has 8 heteroatoms. The molecule has 0 aliphatic heterocycles. The van der Waals surface area contributed by atoms with Crippen LogP contribution in [0.15, 0.2) is 91.0 Å². The fourth-order valence-corrected chi connectivity index (χ4v) is 4.54. The van der Waals surface area contributed by atoms with Crippen LogP contribution in [0.3, 0.4) is 0 Å². The molecule has 5 rings (SSSR count). The van der Waals surface area contributed by atoms with Gasteiger partial charge in [0.25, 0.3) is 0 Å². The van der Waals surface area contributed by atoms with Crippen LogP contribution >= 0.6 is 0 Å². The van der Waals surface area contributed by atoms with Crippen LogP contribution in [0.5, 0.6) is 0 Å². The number of carbonyl (C=O) groups excluding carboxylic acids is 2. The van der Waals surface area contributed by atoms with Crippen molar-refractivity contribution >= 4 is 29.1 Å². The summed E-state index contributed by atoms with van der Waals surface area (Å²) in [5.74, 6) is -1.54. The Hall–Kier alpha value is -4.72. The molecular weight excluding hydrogens is 488 g/mol. The molecule has 0 saturated heterocycles. The first kappa shape index (κ1) is 25.0. The summed E-state index contributed by atoms with van der Waals surface area (Å²) in [6.45, 7) is 1.64. The molecule has 2 amide bonds. The molecule has 0 spiro atoms. The molecular formula is C30H25F2N3O3. The predicted octanol–water partition coefficient (Wildman–Crippen LogP) is 6.57. The van der Waals surface area contributed by atoms with Crippen molar-refractivity contribution in [3.8, 4) is 11.1 Å². The van der Waals surface area contributed by atoms with Crippen LogP contribution in [0.1, 0.15) is 24.0 Å². The fourth-order valence-electron chi connectivity index (χ4n) is 4.54. The Bertz CT molecular complexity index is 1450. The van der Waals surface area contributed by atoms with Gasteiger partial charge in [0, 0.05) is 11.6 Å². The van der Waals surface area contributed by atoms with Gasteiger partial charge in [-0.25, -0.2) is 13.6 Å². The highest BCUT2D eigenvalue weighted by Crippen LogP contribution is 2.44. The Morgan fingerprint density at radius 3 is 2.08 bits per heavy atom. The monoisotopic (exact) mass is 513 g/mol. The highest BCUT2D eigenvalue weighted by molar-refractivity contribution is 5.99. The lowest BCUT2D eigenvalue weighted by Gasteiger charge is -2.18. The standard InChI is InChI=1S/C30H25F2N3O3/c1-18(29(36)35-27-15-12-20(32)16-28(27)34-21-13-10-19(31)11-14-21)33-30(37)38-17-26-24-8-4-2-6-22(24)23-7-3-5-9-25(23)26/h2-16,18,26,34H,17H2,1H3,(H,33,37)(H,35,36). The Balaban J connectivity index is 1.20. The maximum Gasteiger partial charge on any atom is 0.407 e. The second kappa shape index (κ2) is 10.7. The van der Waals surface area contributed by atoms with Gasteiger partial charge in [-0.3, -0.25) is 4.79 Å². The molecule has 1 aliphatic rings. The minimum absolute atomic E-state index is 0.100. The molecule has 1 aliphatic carbocycles. The minimum atomic E-state index is -0.936. The first-order valence-corrected chi connectivity index (χ1v) is 12.1. The third-order valence-electron chi connectivity index (χ3n) is 6.43. The van der Waals surface area contributed by atoms with Gasteiger partial charge in [0.15, 0.2) is 0 Å². The number of hydrogen-bond donors (Lipinski definition) is 3. The molecule has 38 heavy (non-hydrogen) atoms. The van der Waals surface area contributed by atoms with Gasteiger partial charge in [-0.15, -0.1) is 0 Å². The molecule has 1 atom stereocenters. The SMILES string of the molecule is CC(NC(=O)OCC1c2ccccc2-c2ccccc21)C(=O)Nc1ccc(F)cc1Nc1ccc(F)cc1. The van der Waals surface area contributed by atoms with E-state index in [1.54, 1.807) is 0 Å². The normalized spacial score (nSPS) is 12.7. The summed E-state index contributed by atoms with van der Waals surface area (Å²) < 4.78 is 32.6. The highest BCUT2D eigenvalue weighted by atomic mass is 19.1. The summed E-state index contributed by atoms with van der Waals surface area (Å²) in [7, 11) is 0. The number of halogens is 2. The van der Waals surface area contributed by atoms with Crippen LogP contribution < -0.4 is 16.0 Å². The molecule has 4 aromatic rings. The van der Waals surface area contributed by atoms with Crippen LogP contribution in [-0.4, -0.2) is 24.6 Å². The van der Waals surface area contributed by atoms with Crippen molar-refractivity contribution in [2.24, 2.45) is 0 Å². The Morgan fingerprint density at radius 2 is 1.42 bits per heavy atom. The van der Waals surface area contributed by atoms with E-state index in [4.69, 9.17) is 4.74 Å². The van der Waals surface area contributed by atoms with E-state index >= 15 is 0 Å². The minimum Gasteiger partial charge on any atom is -0.449 e. The second-order valence-corrected chi connectivity index (χ2v) is 9.00. The lowest BCUT2D eigenvalue weighted by molar-refractivity contribution is -0.117. The van der Waals surface area contributed by atoms with Crippen molar-refractivity contribution in [2.75, 3.05) is 17.2 Å². The highest BCUT2D eigenvalue weighted by Gasteiger charge is 2.29. The molecule has 0 saturated carbocycles. The third kappa shape index (κ3) is 5.34. The number of carbonyl (C=O) groups is 2. The average Bonchev–Trinajstić information content (AvgIpc) is 3.24. The lowest BCUT2D eigenvalue weighted by atomic mass is 9.98. The Kier molecular flexibility index (Phi) is 7.04. The van der Waals surface area contributed by atoms with Crippen molar-refractivity contribution in [2.45, 2.75) is 18.9 Å². The van der Waals surface area contributed by atoms with E-state index < -0.39 is 29.7 Å². The van der Waals surface area contributed by atoms with Crippen LogP contribution in [0.4, 0.5) is 30.6 Å². The molecule has 0 heterocycles. The topological polar surface area (TPSA) is 79.5 Å². The zero-order valence-electron chi connectivity index (χ0n) is 20.5. The van der Waals surface area contributed by atoms with Crippen LogP contribution in [-0.2, 0) is 9.53 Å². The first-order valence-electron chi connectivity index (χ1n) is 12.1. The molecule has 6 nitrogen and oxygen atoms in total. The summed E-state index contributed by atoms with van der Waals surface area (Å²) in [5, 5.41) is 8.19. The van der Waals surface area contributed by atoms with E-state index in [9.17, 15) is 18.4 Å². The summed E-state index contributed by atoms with van der Waals surface area (Å²) in [6.07, 6.45) is -0.724. The number of nitrogens with one attached hydrogen (secondary N) is 3. The number of anilines is 3. The molecule has 0 fully saturated rings. The fraction of sp³-hybridized carbons (Fsp3) is 0.133.